The van der Waals surface area contributed by atoms with E-state index in [4.69, 9.17) is 5.11 Å². The zero-order chi connectivity index (χ0) is 18.7. The molecule has 7 nitrogen and oxygen atoms in total. The van der Waals surface area contributed by atoms with Gasteiger partial charge in [-0.1, -0.05) is 36.4 Å². The molecule has 0 aliphatic rings. The molecule has 0 aliphatic heterocycles. The Bertz CT molecular complexity index is 1030. The van der Waals surface area contributed by atoms with Gasteiger partial charge in [-0.3, -0.25) is 0 Å². The minimum absolute atomic E-state index is 0.0962. The van der Waals surface area contributed by atoms with Crippen LogP contribution in [0.15, 0.2) is 71.9 Å². The smallest absolute Gasteiger partial charge is 0.335 e. The molecule has 0 spiro atoms. The zero-order valence-corrected chi connectivity index (χ0v) is 14.7. The number of hydrogen-bond acceptors (Lipinski definition) is 4. The van der Waals surface area contributed by atoms with Crippen molar-refractivity contribution in [2.75, 3.05) is 0 Å². The molecule has 0 amide bonds. The van der Waals surface area contributed by atoms with Crippen LogP contribution in [0.4, 0.5) is 0 Å². The average molecular weight is 371 g/mol. The second-order valence-electron chi connectivity index (χ2n) is 5.69. The second-order valence-corrected chi connectivity index (χ2v) is 7.41. The molecule has 1 heterocycles. The quantitative estimate of drug-likeness (QED) is 0.692. The third-order valence-electron chi connectivity index (χ3n) is 3.91. The Morgan fingerprint density at radius 2 is 1.88 bits per heavy atom. The third-order valence-corrected chi connectivity index (χ3v) is 5.33. The van der Waals surface area contributed by atoms with Crippen molar-refractivity contribution >= 4 is 16.0 Å². The lowest BCUT2D eigenvalue weighted by Crippen LogP contribution is -2.31. The van der Waals surface area contributed by atoms with E-state index in [1.165, 1.54) is 18.2 Å². The Morgan fingerprint density at radius 1 is 1.15 bits per heavy atom. The predicted octanol–water partition coefficient (Wildman–Crippen LogP) is 2.19. The van der Waals surface area contributed by atoms with Crippen molar-refractivity contribution in [1.29, 1.82) is 0 Å². The van der Waals surface area contributed by atoms with Crippen LogP contribution in [0.1, 0.15) is 27.8 Å². The van der Waals surface area contributed by atoms with Gasteiger partial charge < -0.3 is 9.67 Å². The Kier molecular flexibility index (Phi) is 4.88. The standard InChI is InChI=1S/C18H17N3O4S/c1-21-11-10-19-17(21)16(13-6-3-2-4-7-13)20-26(24,25)15-9-5-8-14(12-15)18(22)23/h2-12,16,20H,1H3,(H,22,23). The highest BCUT2D eigenvalue weighted by Crippen LogP contribution is 2.23. The van der Waals surface area contributed by atoms with E-state index in [0.29, 0.717) is 5.82 Å². The van der Waals surface area contributed by atoms with Gasteiger partial charge in [-0.25, -0.2) is 18.2 Å². The van der Waals surface area contributed by atoms with Crippen molar-refractivity contribution in [1.82, 2.24) is 14.3 Å². The van der Waals surface area contributed by atoms with Crippen LogP contribution in [0.25, 0.3) is 0 Å². The Hall–Kier alpha value is -2.97. The summed E-state index contributed by atoms with van der Waals surface area (Å²) >= 11 is 0. The van der Waals surface area contributed by atoms with Gasteiger partial charge in [0.25, 0.3) is 0 Å². The molecule has 0 bridgehead atoms. The fourth-order valence-electron chi connectivity index (χ4n) is 2.59. The summed E-state index contributed by atoms with van der Waals surface area (Å²) < 4.78 is 30.1. The number of carboxylic acids is 1. The van der Waals surface area contributed by atoms with Gasteiger partial charge in [0.1, 0.15) is 11.9 Å². The number of nitrogens with one attached hydrogen (secondary N) is 1. The molecule has 2 N–H and O–H groups in total. The molecular formula is C18H17N3O4S. The van der Waals surface area contributed by atoms with Gasteiger partial charge >= 0.3 is 5.97 Å². The number of rotatable bonds is 6. The van der Waals surface area contributed by atoms with Crippen LogP contribution in [-0.4, -0.2) is 29.0 Å². The molecule has 1 atom stereocenters. The monoisotopic (exact) mass is 371 g/mol. The number of nitrogens with zero attached hydrogens (tertiary/aromatic N) is 2. The first-order valence-electron chi connectivity index (χ1n) is 7.76. The van der Waals surface area contributed by atoms with E-state index in [0.717, 1.165) is 11.6 Å². The van der Waals surface area contributed by atoms with Gasteiger partial charge in [-0.15, -0.1) is 0 Å². The van der Waals surface area contributed by atoms with Gasteiger partial charge in [-0.2, -0.15) is 4.72 Å². The summed E-state index contributed by atoms with van der Waals surface area (Å²) in [6.45, 7) is 0. The first-order chi connectivity index (χ1) is 12.4. The summed E-state index contributed by atoms with van der Waals surface area (Å²) in [6, 6.07) is 13.6. The zero-order valence-electron chi connectivity index (χ0n) is 13.9. The largest absolute Gasteiger partial charge is 0.478 e. The summed E-state index contributed by atoms with van der Waals surface area (Å²) in [5.74, 6) is -0.667. The topological polar surface area (TPSA) is 101 Å². The molecule has 0 saturated carbocycles. The molecule has 1 aromatic heterocycles. The molecular weight excluding hydrogens is 354 g/mol. The molecule has 0 saturated heterocycles. The van der Waals surface area contributed by atoms with E-state index in [-0.39, 0.29) is 10.5 Å². The normalized spacial score (nSPS) is 12.7. The molecule has 0 radical (unpaired) electrons. The molecule has 2 aromatic carbocycles. The van der Waals surface area contributed by atoms with Gasteiger partial charge in [0, 0.05) is 19.4 Å². The van der Waals surface area contributed by atoms with Crippen LogP contribution in [0.3, 0.4) is 0 Å². The number of hydrogen-bond donors (Lipinski definition) is 2. The van der Waals surface area contributed by atoms with Crippen LogP contribution >= 0.6 is 0 Å². The SMILES string of the molecule is Cn1ccnc1C(NS(=O)(=O)c1cccc(C(=O)O)c1)c1ccccc1. The average Bonchev–Trinajstić information content (AvgIpc) is 3.06. The van der Waals surface area contributed by atoms with Gasteiger partial charge in [0.2, 0.25) is 10.0 Å². The highest BCUT2D eigenvalue weighted by Gasteiger charge is 2.26. The number of aromatic nitrogens is 2. The van der Waals surface area contributed by atoms with E-state index < -0.39 is 22.0 Å². The third kappa shape index (κ3) is 3.66. The van der Waals surface area contributed by atoms with Crippen molar-refractivity contribution in [3.63, 3.8) is 0 Å². The number of imidazole rings is 1. The molecule has 1 unspecified atom stereocenters. The molecule has 8 heteroatoms. The Labute approximate surface area is 151 Å². The molecule has 3 aromatic rings. The summed E-state index contributed by atoms with van der Waals surface area (Å²) in [4.78, 5) is 15.3. The maximum atomic E-state index is 12.9. The predicted molar refractivity (Wildman–Crippen MR) is 95.2 cm³/mol. The van der Waals surface area contributed by atoms with Gasteiger partial charge in [0.05, 0.1) is 10.5 Å². The highest BCUT2D eigenvalue weighted by molar-refractivity contribution is 7.89. The van der Waals surface area contributed by atoms with Crippen LogP contribution < -0.4 is 4.72 Å². The fraction of sp³-hybridized carbons (Fsp3) is 0.111. The number of aromatic carboxylic acids is 1. The van der Waals surface area contributed by atoms with Crippen LogP contribution in [0, 0.1) is 0 Å². The van der Waals surface area contributed by atoms with E-state index >= 15 is 0 Å². The summed E-state index contributed by atoms with van der Waals surface area (Å²) in [5.41, 5.74) is 0.626. The van der Waals surface area contributed by atoms with Crippen molar-refractivity contribution in [2.45, 2.75) is 10.9 Å². The minimum Gasteiger partial charge on any atom is -0.478 e. The van der Waals surface area contributed by atoms with E-state index in [9.17, 15) is 13.2 Å². The first kappa shape index (κ1) is 17.8. The molecule has 3 rings (SSSR count). The molecule has 134 valence electrons. The Morgan fingerprint density at radius 3 is 2.50 bits per heavy atom. The lowest BCUT2D eigenvalue weighted by atomic mass is 10.1. The molecule has 0 fully saturated rings. The van der Waals surface area contributed by atoms with Crippen molar-refractivity contribution in [3.8, 4) is 0 Å². The maximum absolute atomic E-state index is 12.9. The summed E-state index contributed by atoms with van der Waals surface area (Å²) in [7, 11) is -2.20. The number of benzene rings is 2. The second kappa shape index (κ2) is 7.11. The molecule has 26 heavy (non-hydrogen) atoms. The lowest BCUT2D eigenvalue weighted by Gasteiger charge is -2.19. The number of sulfonamides is 1. The summed E-state index contributed by atoms with van der Waals surface area (Å²) in [6.07, 6.45) is 3.31. The van der Waals surface area contributed by atoms with Crippen molar-refractivity contribution in [2.24, 2.45) is 7.05 Å². The van der Waals surface area contributed by atoms with Crippen molar-refractivity contribution < 1.29 is 18.3 Å². The lowest BCUT2D eigenvalue weighted by molar-refractivity contribution is 0.0696. The van der Waals surface area contributed by atoms with E-state index in [1.807, 2.05) is 18.2 Å². The first-order valence-corrected chi connectivity index (χ1v) is 9.24. The molecule has 0 aliphatic carbocycles. The van der Waals surface area contributed by atoms with Crippen LogP contribution in [0.2, 0.25) is 0 Å². The van der Waals surface area contributed by atoms with E-state index in [1.54, 1.807) is 36.1 Å². The maximum Gasteiger partial charge on any atom is 0.335 e. The van der Waals surface area contributed by atoms with Gasteiger partial charge in [0.15, 0.2) is 0 Å². The van der Waals surface area contributed by atoms with Crippen LogP contribution in [-0.2, 0) is 17.1 Å². The van der Waals surface area contributed by atoms with E-state index in [2.05, 4.69) is 9.71 Å². The minimum atomic E-state index is -3.97. The Balaban J connectivity index is 2.03. The number of aryl methyl sites for hydroxylation is 1. The van der Waals surface area contributed by atoms with Crippen molar-refractivity contribution in [3.05, 3.63) is 83.9 Å². The van der Waals surface area contributed by atoms with Crippen LogP contribution in [0.5, 0.6) is 0 Å². The summed E-state index contributed by atoms with van der Waals surface area (Å²) in [5, 5.41) is 9.09. The van der Waals surface area contributed by atoms with Gasteiger partial charge in [-0.05, 0) is 23.8 Å². The highest BCUT2D eigenvalue weighted by atomic mass is 32.2. The number of carbonyl (C=O) groups is 1. The number of carboxylic acid groups (broad SMARTS) is 1. The fourth-order valence-corrected chi connectivity index (χ4v) is 3.82.